The first-order chi connectivity index (χ1) is 30.5. The highest BCUT2D eigenvalue weighted by Crippen LogP contribution is 2.28. The Kier molecular flexibility index (Phi) is 19.2. The predicted octanol–water partition coefficient (Wildman–Crippen LogP) is 7.06. The molecular weight excluding hydrogens is 843 g/mol. The SMILES string of the molecule is CCC1=C(C(=O)O)CN(C(=O)OCc2ccccc2)C1.CCC1=C(C(=O)O)CN(C(=O)OCc2ccccc2)C1.CC[C@@H]1CN(C(=O)OCc2ccccc2)CC1C(=O)C=S(C)(C)=O. The monoisotopic (exact) mass is 901 g/mol. The lowest BCUT2D eigenvalue weighted by Gasteiger charge is -2.16. The minimum Gasteiger partial charge on any atom is -0.478 e. The molecule has 3 aromatic carbocycles. The topological polar surface area (TPSA) is 197 Å². The number of carbonyl (C=O) groups excluding carboxylic acids is 4. The van der Waals surface area contributed by atoms with E-state index >= 15 is 0 Å². The maximum Gasteiger partial charge on any atom is 0.410 e. The number of Topliss-reactive ketones (excluding diaryl/α,β-unsaturated/α-hetero) is 1. The lowest BCUT2D eigenvalue weighted by Crippen LogP contribution is -2.31. The Balaban J connectivity index is 0.000000212. The number of ketones is 1. The van der Waals surface area contributed by atoms with Gasteiger partial charge in [-0.05, 0) is 56.1 Å². The van der Waals surface area contributed by atoms with Gasteiger partial charge in [0, 0.05) is 50.0 Å². The summed E-state index contributed by atoms with van der Waals surface area (Å²) in [5, 5.41) is 19.5. The summed E-state index contributed by atoms with van der Waals surface area (Å²) in [6.07, 6.45) is 3.79. The van der Waals surface area contributed by atoms with Crippen molar-refractivity contribution in [1.82, 2.24) is 14.7 Å². The third-order valence-electron chi connectivity index (χ3n) is 10.8. The molecule has 64 heavy (non-hydrogen) atoms. The van der Waals surface area contributed by atoms with Crippen LogP contribution in [0.15, 0.2) is 113 Å². The van der Waals surface area contributed by atoms with Crippen LogP contribution in [0.1, 0.15) is 56.7 Å². The average Bonchev–Trinajstić information content (AvgIpc) is 4.05. The van der Waals surface area contributed by atoms with Gasteiger partial charge in [-0.1, -0.05) is 118 Å². The highest BCUT2D eigenvalue weighted by Gasteiger charge is 2.38. The largest absolute Gasteiger partial charge is 0.478 e. The van der Waals surface area contributed by atoms with Crippen LogP contribution < -0.4 is 0 Å². The summed E-state index contributed by atoms with van der Waals surface area (Å²) in [7, 11) is -2.24. The molecule has 1 saturated heterocycles. The molecule has 0 aromatic heterocycles. The minimum atomic E-state index is -2.24. The molecule has 3 heterocycles. The van der Waals surface area contributed by atoms with Crippen molar-refractivity contribution in [1.29, 1.82) is 0 Å². The van der Waals surface area contributed by atoms with Gasteiger partial charge in [0.1, 0.15) is 19.8 Å². The predicted molar refractivity (Wildman–Crippen MR) is 243 cm³/mol. The number of carboxylic acids is 2. The summed E-state index contributed by atoms with van der Waals surface area (Å²) in [6, 6.07) is 28.2. The summed E-state index contributed by atoms with van der Waals surface area (Å²) >= 11 is 0. The fraction of sp³-hybridized carbons (Fsp3) is 0.396. The first-order valence-corrected chi connectivity index (χ1v) is 23.5. The van der Waals surface area contributed by atoms with E-state index in [2.05, 4.69) is 0 Å². The summed E-state index contributed by atoms with van der Waals surface area (Å²) < 4.78 is 27.6. The number of likely N-dealkylation sites (tertiary alicyclic amines) is 1. The van der Waals surface area contributed by atoms with Gasteiger partial charge in [0.2, 0.25) is 0 Å². The Hall–Kier alpha value is -6.42. The second-order valence-electron chi connectivity index (χ2n) is 15.8. The zero-order valence-corrected chi connectivity index (χ0v) is 37.9. The highest BCUT2D eigenvalue weighted by atomic mass is 32.2. The molecule has 6 rings (SSSR count). The van der Waals surface area contributed by atoms with E-state index in [-0.39, 0.29) is 50.5 Å². The third kappa shape index (κ3) is 15.4. The van der Waals surface area contributed by atoms with Crippen LogP contribution in [-0.4, -0.2) is 122 Å². The average molecular weight is 902 g/mol. The molecule has 3 aliphatic rings. The standard InChI is InChI=1S/C18H25NO4S.2C15H17NO4/c1-4-15-10-19(11-16(15)17(20)13-24(2,3)22)18(21)23-12-14-8-6-5-7-9-14;2*1-2-12-8-16(9-13(12)14(17)18)15(19)20-10-11-6-4-3-5-7-11/h5-9,13,15-16H,4,10-12H2,1-3H3;2*3-7H,2,8-10H2,1H3,(H,17,18)/t15-,16?;;/m1../s1. The fourth-order valence-corrected chi connectivity index (χ4v) is 8.00. The number of carboxylic acid groups (broad SMARTS) is 2. The van der Waals surface area contributed by atoms with Crippen molar-refractivity contribution in [2.24, 2.45) is 11.8 Å². The molecule has 0 aliphatic carbocycles. The van der Waals surface area contributed by atoms with Crippen molar-refractivity contribution in [2.75, 3.05) is 51.8 Å². The Morgan fingerprint density at radius 3 is 1.23 bits per heavy atom. The molecule has 344 valence electrons. The first-order valence-electron chi connectivity index (χ1n) is 21.1. The molecular formula is C48H59N3O12S. The van der Waals surface area contributed by atoms with E-state index in [0.717, 1.165) is 34.3 Å². The van der Waals surface area contributed by atoms with Gasteiger partial charge in [-0.25, -0.2) is 24.0 Å². The lowest BCUT2D eigenvalue weighted by molar-refractivity contribution is -0.133. The van der Waals surface area contributed by atoms with E-state index in [1.54, 1.807) is 17.4 Å². The number of aliphatic carboxylic acids is 2. The number of carbonyl (C=O) groups is 6. The molecule has 0 bridgehead atoms. The molecule has 3 aliphatic heterocycles. The number of hydrogen-bond acceptors (Lipinski definition) is 10. The third-order valence-corrected chi connectivity index (χ3v) is 11.6. The number of benzene rings is 3. The number of rotatable bonds is 13. The zero-order chi connectivity index (χ0) is 46.8. The molecule has 3 amide bonds. The quantitative estimate of drug-likeness (QED) is 0.131. The van der Waals surface area contributed by atoms with E-state index in [1.807, 2.05) is 112 Å². The maximum atomic E-state index is 12.4. The fourth-order valence-electron chi connectivity index (χ4n) is 7.27. The summed E-state index contributed by atoms with van der Waals surface area (Å²) in [6.45, 7) is 8.12. The molecule has 0 radical (unpaired) electrons. The van der Waals surface area contributed by atoms with Gasteiger partial charge in [0.15, 0.2) is 5.78 Å². The van der Waals surface area contributed by atoms with Gasteiger partial charge < -0.3 is 29.3 Å². The Morgan fingerprint density at radius 2 is 0.938 bits per heavy atom. The molecule has 3 aromatic rings. The first kappa shape index (κ1) is 50.2. The van der Waals surface area contributed by atoms with Crippen molar-refractivity contribution in [3.05, 3.63) is 130 Å². The second kappa shape index (κ2) is 24.4. The van der Waals surface area contributed by atoms with Crippen molar-refractivity contribution < 1.29 is 57.4 Å². The molecule has 15 nitrogen and oxygen atoms in total. The summed E-state index contributed by atoms with van der Waals surface area (Å²) in [5.41, 5.74) is 4.93. The molecule has 2 N–H and O–H groups in total. The molecule has 0 spiro atoms. The van der Waals surface area contributed by atoms with E-state index in [9.17, 15) is 33.0 Å². The van der Waals surface area contributed by atoms with Crippen molar-refractivity contribution >= 4 is 50.9 Å². The van der Waals surface area contributed by atoms with Gasteiger partial charge in [-0.3, -0.25) is 18.8 Å². The number of hydrogen-bond donors (Lipinski definition) is 2. The number of ether oxygens (including phenoxy) is 3. The lowest BCUT2D eigenvalue weighted by atomic mass is 9.91. The van der Waals surface area contributed by atoms with Crippen LogP contribution in [0.5, 0.6) is 0 Å². The maximum absolute atomic E-state index is 12.4. The number of amides is 3. The van der Waals surface area contributed by atoms with Gasteiger partial charge in [-0.2, -0.15) is 0 Å². The van der Waals surface area contributed by atoms with E-state index in [0.29, 0.717) is 50.2 Å². The van der Waals surface area contributed by atoms with Crippen molar-refractivity contribution in [2.45, 2.75) is 59.9 Å². The van der Waals surface area contributed by atoms with Gasteiger partial charge >= 0.3 is 30.2 Å². The van der Waals surface area contributed by atoms with Crippen LogP contribution in [0.2, 0.25) is 0 Å². The van der Waals surface area contributed by atoms with Gasteiger partial charge in [-0.15, -0.1) is 0 Å². The number of nitrogens with zero attached hydrogens (tertiary/aromatic N) is 3. The Labute approximate surface area is 375 Å². The smallest absolute Gasteiger partial charge is 0.410 e. The summed E-state index contributed by atoms with van der Waals surface area (Å²) in [5.74, 6) is -2.25. The normalized spacial score (nSPS) is 16.9. The van der Waals surface area contributed by atoms with E-state index in [4.69, 9.17) is 24.4 Å². The van der Waals surface area contributed by atoms with Crippen LogP contribution >= 0.6 is 0 Å². The molecule has 1 fully saturated rings. The van der Waals surface area contributed by atoms with Crippen molar-refractivity contribution in [3.8, 4) is 0 Å². The van der Waals surface area contributed by atoms with E-state index < -0.39 is 39.7 Å². The zero-order valence-electron chi connectivity index (χ0n) is 37.1. The summed E-state index contributed by atoms with van der Waals surface area (Å²) in [4.78, 5) is 75.1. The molecule has 16 heteroatoms. The van der Waals surface area contributed by atoms with Gasteiger partial charge in [0.05, 0.1) is 24.2 Å². The molecule has 0 saturated carbocycles. The van der Waals surface area contributed by atoms with Gasteiger partial charge in [0.25, 0.3) is 0 Å². The van der Waals surface area contributed by atoms with Crippen LogP contribution in [0.3, 0.4) is 0 Å². The van der Waals surface area contributed by atoms with Crippen LogP contribution in [0.25, 0.3) is 0 Å². The van der Waals surface area contributed by atoms with Crippen molar-refractivity contribution in [3.63, 3.8) is 0 Å². The molecule has 1 unspecified atom stereocenters. The Bertz CT molecular complexity index is 2180. The minimum absolute atomic E-state index is 0.0831. The Morgan fingerprint density at radius 1 is 0.578 bits per heavy atom. The van der Waals surface area contributed by atoms with Crippen LogP contribution in [0, 0.1) is 11.8 Å². The van der Waals surface area contributed by atoms with Crippen LogP contribution in [0.4, 0.5) is 14.4 Å². The van der Waals surface area contributed by atoms with Crippen LogP contribution in [-0.2, 0) is 57.9 Å². The molecule has 2 atom stereocenters. The highest BCUT2D eigenvalue weighted by molar-refractivity contribution is 8.01. The second-order valence-corrected chi connectivity index (χ2v) is 18.7. The van der Waals surface area contributed by atoms with E-state index in [1.165, 1.54) is 15.2 Å².